The number of nitrogens with zero attached hydrogens (tertiary/aromatic N) is 1. The fraction of sp³-hybridized carbons (Fsp3) is 0.333. The Hall–Kier alpha value is -1.31. The molecule has 0 spiro atoms. The van der Waals surface area contributed by atoms with Gasteiger partial charge in [0.15, 0.2) is 0 Å². The second kappa shape index (κ2) is 6.23. The maximum atomic E-state index is 13.4. The van der Waals surface area contributed by atoms with Crippen molar-refractivity contribution in [3.8, 4) is 0 Å². The number of benzene rings is 1. The van der Waals surface area contributed by atoms with Gasteiger partial charge in [0.05, 0.1) is 28.6 Å². The SMILES string of the molecule is COCCOCc1nc2cc(F)c(Br)cc2c(=O)[nH]1. The number of nitrogens with one attached hydrogen (secondary N) is 1. The highest BCUT2D eigenvalue weighted by Crippen LogP contribution is 2.19. The fourth-order valence-electron chi connectivity index (χ4n) is 1.56. The highest BCUT2D eigenvalue weighted by molar-refractivity contribution is 9.10. The van der Waals surface area contributed by atoms with E-state index >= 15 is 0 Å². The molecule has 0 aliphatic carbocycles. The molecule has 0 aliphatic heterocycles. The van der Waals surface area contributed by atoms with Crippen LogP contribution in [0, 0.1) is 5.82 Å². The fourth-order valence-corrected chi connectivity index (χ4v) is 1.91. The van der Waals surface area contributed by atoms with Gasteiger partial charge in [0.2, 0.25) is 0 Å². The highest BCUT2D eigenvalue weighted by Gasteiger charge is 2.08. The number of hydrogen-bond donors (Lipinski definition) is 1. The Kier molecular flexibility index (Phi) is 4.62. The van der Waals surface area contributed by atoms with Crippen LogP contribution >= 0.6 is 15.9 Å². The summed E-state index contributed by atoms with van der Waals surface area (Å²) in [5, 5.41) is 0.328. The van der Waals surface area contributed by atoms with E-state index in [2.05, 4.69) is 25.9 Å². The van der Waals surface area contributed by atoms with Crippen molar-refractivity contribution in [2.24, 2.45) is 0 Å². The molecular weight excluding hydrogens is 319 g/mol. The molecule has 0 aliphatic rings. The number of rotatable bonds is 5. The quantitative estimate of drug-likeness (QED) is 0.851. The average Bonchev–Trinajstić information content (AvgIpc) is 2.37. The molecule has 0 amide bonds. The van der Waals surface area contributed by atoms with Crippen molar-refractivity contribution in [2.75, 3.05) is 20.3 Å². The van der Waals surface area contributed by atoms with Crippen molar-refractivity contribution in [3.63, 3.8) is 0 Å². The van der Waals surface area contributed by atoms with E-state index in [0.717, 1.165) is 0 Å². The lowest BCUT2D eigenvalue weighted by Gasteiger charge is -2.05. The number of ether oxygens (including phenoxy) is 2. The Morgan fingerprint density at radius 1 is 1.42 bits per heavy atom. The number of fused-ring (bicyclic) bond motifs is 1. The standard InChI is InChI=1S/C12H12BrFN2O3/c1-18-2-3-19-6-11-15-10-5-9(14)8(13)4-7(10)12(17)16-11/h4-5H,2-3,6H2,1H3,(H,15,16,17). The molecule has 0 saturated carbocycles. The van der Waals surface area contributed by atoms with Gasteiger partial charge < -0.3 is 14.5 Å². The number of methoxy groups -OCH3 is 1. The minimum Gasteiger partial charge on any atom is -0.382 e. The van der Waals surface area contributed by atoms with Crippen LogP contribution in [0.4, 0.5) is 4.39 Å². The molecule has 0 unspecified atom stereocenters. The molecule has 1 aromatic carbocycles. The molecular formula is C12H12BrFN2O3. The second-order valence-corrected chi connectivity index (χ2v) is 4.70. The van der Waals surface area contributed by atoms with Gasteiger partial charge in [-0.25, -0.2) is 9.37 Å². The van der Waals surface area contributed by atoms with Crippen molar-refractivity contribution >= 4 is 26.8 Å². The summed E-state index contributed by atoms with van der Waals surface area (Å²) >= 11 is 3.03. The summed E-state index contributed by atoms with van der Waals surface area (Å²) in [6.45, 7) is 0.999. The van der Waals surface area contributed by atoms with Crippen LogP contribution in [-0.4, -0.2) is 30.3 Å². The number of aromatic nitrogens is 2. The van der Waals surface area contributed by atoms with Crippen molar-refractivity contribution in [2.45, 2.75) is 6.61 Å². The third-order valence-corrected chi connectivity index (χ3v) is 3.07. The van der Waals surface area contributed by atoms with Crippen LogP contribution in [0.3, 0.4) is 0 Å². The molecule has 2 rings (SSSR count). The number of H-pyrrole nitrogens is 1. The monoisotopic (exact) mass is 330 g/mol. The predicted molar refractivity (Wildman–Crippen MR) is 71.6 cm³/mol. The van der Waals surface area contributed by atoms with E-state index in [1.165, 1.54) is 12.1 Å². The van der Waals surface area contributed by atoms with Gasteiger partial charge in [-0.15, -0.1) is 0 Å². The second-order valence-electron chi connectivity index (χ2n) is 3.84. The van der Waals surface area contributed by atoms with E-state index in [1.54, 1.807) is 7.11 Å². The van der Waals surface area contributed by atoms with E-state index in [4.69, 9.17) is 9.47 Å². The van der Waals surface area contributed by atoms with Gasteiger partial charge in [0, 0.05) is 13.2 Å². The predicted octanol–water partition coefficient (Wildman–Crippen LogP) is 1.99. The highest BCUT2D eigenvalue weighted by atomic mass is 79.9. The Morgan fingerprint density at radius 3 is 2.95 bits per heavy atom. The van der Waals surface area contributed by atoms with Crippen molar-refractivity contribution < 1.29 is 13.9 Å². The summed E-state index contributed by atoms with van der Waals surface area (Å²) in [4.78, 5) is 18.6. The molecule has 0 saturated heterocycles. The molecule has 7 heteroatoms. The lowest BCUT2D eigenvalue weighted by Crippen LogP contribution is -2.14. The summed E-state index contributed by atoms with van der Waals surface area (Å²) in [5.41, 5.74) is -0.0224. The molecule has 1 heterocycles. The van der Waals surface area contributed by atoms with Crippen LogP contribution < -0.4 is 5.56 Å². The zero-order chi connectivity index (χ0) is 13.8. The van der Waals surface area contributed by atoms with Gasteiger partial charge in [-0.1, -0.05) is 0 Å². The van der Waals surface area contributed by atoms with E-state index in [0.29, 0.717) is 29.9 Å². The van der Waals surface area contributed by atoms with Gasteiger partial charge >= 0.3 is 0 Å². The van der Waals surface area contributed by atoms with Gasteiger partial charge in [-0.3, -0.25) is 4.79 Å². The maximum Gasteiger partial charge on any atom is 0.258 e. The largest absolute Gasteiger partial charge is 0.382 e. The van der Waals surface area contributed by atoms with Crippen LogP contribution in [0.1, 0.15) is 5.82 Å². The first-order valence-electron chi connectivity index (χ1n) is 5.56. The lowest BCUT2D eigenvalue weighted by atomic mass is 10.2. The summed E-state index contributed by atoms with van der Waals surface area (Å²) < 4.78 is 23.7. The Labute approximate surface area is 116 Å². The summed E-state index contributed by atoms with van der Waals surface area (Å²) in [7, 11) is 1.57. The molecule has 0 bridgehead atoms. The van der Waals surface area contributed by atoms with Crippen LogP contribution in [0.2, 0.25) is 0 Å². The Morgan fingerprint density at radius 2 is 2.21 bits per heavy atom. The average molecular weight is 331 g/mol. The normalized spacial score (nSPS) is 11.1. The molecule has 0 atom stereocenters. The minimum atomic E-state index is -0.461. The Balaban J connectivity index is 2.28. The lowest BCUT2D eigenvalue weighted by molar-refractivity contribution is 0.0586. The smallest absolute Gasteiger partial charge is 0.258 e. The zero-order valence-electron chi connectivity index (χ0n) is 10.2. The molecule has 0 radical (unpaired) electrons. The summed E-state index contributed by atoms with van der Waals surface area (Å²) in [6, 6.07) is 2.62. The first kappa shape index (κ1) is 14.1. The molecule has 102 valence electrons. The first-order chi connectivity index (χ1) is 9.11. The van der Waals surface area contributed by atoms with Crippen LogP contribution in [0.15, 0.2) is 21.4 Å². The van der Waals surface area contributed by atoms with Crippen LogP contribution in [0.5, 0.6) is 0 Å². The molecule has 5 nitrogen and oxygen atoms in total. The van der Waals surface area contributed by atoms with Crippen molar-refractivity contribution in [1.82, 2.24) is 9.97 Å². The summed E-state index contributed by atoms with van der Waals surface area (Å²) in [6.07, 6.45) is 0. The topological polar surface area (TPSA) is 64.2 Å². The third kappa shape index (κ3) is 3.37. The molecule has 1 aromatic heterocycles. The molecule has 2 aromatic rings. The first-order valence-corrected chi connectivity index (χ1v) is 6.35. The van der Waals surface area contributed by atoms with E-state index in [1.807, 2.05) is 0 Å². The number of aromatic amines is 1. The van der Waals surface area contributed by atoms with Gasteiger partial charge in [0.1, 0.15) is 18.2 Å². The molecule has 0 fully saturated rings. The van der Waals surface area contributed by atoms with Crippen molar-refractivity contribution in [3.05, 3.63) is 38.6 Å². The van der Waals surface area contributed by atoms with E-state index < -0.39 is 5.82 Å². The van der Waals surface area contributed by atoms with E-state index in [-0.39, 0.29) is 16.6 Å². The van der Waals surface area contributed by atoms with Crippen LogP contribution in [0.25, 0.3) is 10.9 Å². The summed E-state index contributed by atoms with van der Waals surface area (Å²) in [5.74, 6) is -0.104. The van der Waals surface area contributed by atoms with Crippen molar-refractivity contribution in [1.29, 1.82) is 0 Å². The zero-order valence-corrected chi connectivity index (χ0v) is 11.8. The van der Waals surface area contributed by atoms with Gasteiger partial charge in [-0.05, 0) is 22.0 Å². The van der Waals surface area contributed by atoms with Gasteiger partial charge in [0.25, 0.3) is 5.56 Å². The van der Waals surface area contributed by atoms with Gasteiger partial charge in [-0.2, -0.15) is 0 Å². The number of hydrogen-bond acceptors (Lipinski definition) is 4. The van der Waals surface area contributed by atoms with Crippen LogP contribution in [-0.2, 0) is 16.1 Å². The molecule has 1 N–H and O–H groups in total. The third-order valence-electron chi connectivity index (χ3n) is 2.47. The minimum absolute atomic E-state index is 0.145. The maximum absolute atomic E-state index is 13.4. The van der Waals surface area contributed by atoms with E-state index in [9.17, 15) is 9.18 Å². The Bertz CT molecular complexity index is 645. The number of halogens is 2. The molecule has 19 heavy (non-hydrogen) atoms.